The lowest BCUT2D eigenvalue weighted by Crippen LogP contribution is -2.41. The lowest BCUT2D eigenvalue weighted by Gasteiger charge is -2.31. The Labute approximate surface area is 119 Å². The van der Waals surface area contributed by atoms with E-state index in [0.29, 0.717) is 12.2 Å². The molecule has 4 nitrogen and oxygen atoms in total. The molecule has 0 aliphatic carbocycles. The van der Waals surface area contributed by atoms with E-state index in [2.05, 4.69) is 15.2 Å². The van der Waals surface area contributed by atoms with Crippen molar-refractivity contribution < 1.29 is 9.18 Å². The zero-order chi connectivity index (χ0) is 14.4. The SMILES string of the molecule is Cc1ccc(NC(=O)C2CCCN(CCCF)C2)nc1. The van der Waals surface area contributed by atoms with Crippen molar-refractivity contribution in [3.8, 4) is 0 Å². The summed E-state index contributed by atoms with van der Waals surface area (Å²) in [6.07, 6.45) is 4.17. The predicted octanol–water partition coefficient (Wildman–Crippen LogP) is 2.40. The van der Waals surface area contributed by atoms with E-state index < -0.39 is 0 Å². The highest BCUT2D eigenvalue weighted by atomic mass is 19.1. The Morgan fingerprint density at radius 2 is 2.40 bits per heavy atom. The van der Waals surface area contributed by atoms with Crippen molar-refractivity contribution >= 4 is 11.7 Å². The van der Waals surface area contributed by atoms with Gasteiger partial charge in [0.05, 0.1) is 12.6 Å². The van der Waals surface area contributed by atoms with Gasteiger partial charge in [-0.15, -0.1) is 0 Å². The van der Waals surface area contributed by atoms with Gasteiger partial charge in [0.1, 0.15) is 5.82 Å². The van der Waals surface area contributed by atoms with Crippen molar-refractivity contribution in [2.45, 2.75) is 26.2 Å². The minimum atomic E-state index is -0.291. The third-order valence-corrected chi connectivity index (χ3v) is 3.65. The van der Waals surface area contributed by atoms with Crippen molar-refractivity contribution in [1.29, 1.82) is 0 Å². The fourth-order valence-corrected chi connectivity index (χ4v) is 2.53. The lowest BCUT2D eigenvalue weighted by molar-refractivity contribution is -0.121. The van der Waals surface area contributed by atoms with Crippen molar-refractivity contribution in [3.63, 3.8) is 0 Å². The van der Waals surface area contributed by atoms with Crippen molar-refractivity contribution in [1.82, 2.24) is 9.88 Å². The van der Waals surface area contributed by atoms with E-state index in [1.165, 1.54) is 0 Å². The number of piperidine rings is 1. The molecule has 1 unspecified atom stereocenters. The highest BCUT2D eigenvalue weighted by molar-refractivity contribution is 5.91. The first kappa shape index (κ1) is 14.9. The van der Waals surface area contributed by atoms with Crippen LogP contribution in [0.1, 0.15) is 24.8 Å². The minimum absolute atomic E-state index is 0.0197. The van der Waals surface area contributed by atoms with Crippen LogP contribution in [-0.2, 0) is 4.79 Å². The van der Waals surface area contributed by atoms with Gasteiger partial charge in [-0.1, -0.05) is 6.07 Å². The normalized spacial score (nSPS) is 19.8. The van der Waals surface area contributed by atoms with Gasteiger partial charge in [-0.05, 0) is 44.4 Å². The molecule has 1 aliphatic heterocycles. The average molecular weight is 279 g/mol. The standard InChI is InChI=1S/C15H22FN3O/c1-12-5-6-14(17-10-12)18-15(20)13-4-2-8-19(11-13)9-3-7-16/h5-6,10,13H,2-4,7-9,11H2,1H3,(H,17,18,20). The van der Waals surface area contributed by atoms with Crippen LogP contribution in [0, 0.1) is 12.8 Å². The van der Waals surface area contributed by atoms with Gasteiger partial charge in [-0.2, -0.15) is 0 Å². The molecule has 1 aromatic rings. The Kier molecular flexibility index (Phi) is 5.47. The summed E-state index contributed by atoms with van der Waals surface area (Å²) in [5, 5.41) is 2.86. The monoisotopic (exact) mass is 279 g/mol. The van der Waals surface area contributed by atoms with Crippen LogP contribution in [0.2, 0.25) is 0 Å². The molecule has 1 saturated heterocycles. The molecule has 0 bridgehead atoms. The van der Waals surface area contributed by atoms with Crippen molar-refractivity contribution in [2.75, 3.05) is 31.6 Å². The molecule has 1 amide bonds. The number of alkyl halides is 1. The van der Waals surface area contributed by atoms with E-state index in [1.807, 2.05) is 19.1 Å². The molecule has 0 saturated carbocycles. The summed E-state index contributed by atoms with van der Waals surface area (Å²) in [7, 11) is 0. The largest absolute Gasteiger partial charge is 0.310 e. The number of aryl methyl sites for hydroxylation is 1. The summed E-state index contributed by atoms with van der Waals surface area (Å²) < 4.78 is 12.2. The predicted molar refractivity (Wildman–Crippen MR) is 77.4 cm³/mol. The molecule has 0 radical (unpaired) electrons. The van der Waals surface area contributed by atoms with E-state index in [1.54, 1.807) is 6.20 Å². The molecule has 0 spiro atoms. The van der Waals surface area contributed by atoms with Crippen LogP contribution in [-0.4, -0.2) is 42.1 Å². The van der Waals surface area contributed by atoms with Gasteiger partial charge in [-0.25, -0.2) is 4.98 Å². The molecule has 5 heteroatoms. The molecule has 1 atom stereocenters. The highest BCUT2D eigenvalue weighted by Gasteiger charge is 2.25. The Morgan fingerprint density at radius 1 is 1.55 bits per heavy atom. The Bertz CT molecular complexity index is 435. The lowest BCUT2D eigenvalue weighted by atomic mass is 9.97. The first-order valence-corrected chi connectivity index (χ1v) is 7.21. The number of hydrogen-bond acceptors (Lipinski definition) is 3. The summed E-state index contributed by atoms with van der Waals surface area (Å²) >= 11 is 0. The topological polar surface area (TPSA) is 45.2 Å². The molecule has 20 heavy (non-hydrogen) atoms. The fourth-order valence-electron chi connectivity index (χ4n) is 2.53. The number of carbonyl (C=O) groups excluding carboxylic acids is 1. The number of rotatable bonds is 5. The number of carbonyl (C=O) groups is 1. The van der Waals surface area contributed by atoms with Crippen LogP contribution < -0.4 is 5.32 Å². The smallest absolute Gasteiger partial charge is 0.229 e. The van der Waals surface area contributed by atoms with E-state index in [-0.39, 0.29) is 18.5 Å². The van der Waals surface area contributed by atoms with Gasteiger partial charge in [0.15, 0.2) is 0 Å². The number of pyridine rings is 1. The number of nitrogens with one attached hydrogen (secondary N) is 1. The van der Waals surface area contributed by atoms with E-state index in [4.69, 9.17) is 0 Å². The quantitative estimate of drug-likeness (QED) is 0.900. The summed E-state index contributed by atoms with van der Waals surface area (Å²) in [6, 6.07) is 3.74. The summed E-state index contributed by atoms with van der Waals surface area (Å²) in [5.74, 6) is 0.597. The second-order valence-corrected chi connectivity index (χ2v) is 5.39. The van der Waals surface area contributed by atoms with Crippen LogP contribution in [0.3, 0.4) is 0 Å². The molecule has 1 aliphatic rings. The summed E-state index contributed by atoms with van der Waals surface area (Å²) in [5.41, 5.74) is 1.07. The maximum Gasteiger partial charge on any atom is 0.229 e. The number of hydrogen-bond donors (Lipinski definition) is 1. The van der Waals surface area contributed by atoms with Crippen LogP contribution in [0.4, 0.5) is 10.2 Å². The molecule has 1 aromatic heterocycles. The van der Waals surface area contributed by atoms with Crippen LogP contribution in [0.5, 0.6) is 0 Å². The fraction of sp³-hybridized carbons (Fsp3) is 0.600. The second-order valence-electron chi connectivity index (χ2n) is 5.39. The van der Waals surface area contributed by atoms with Gasteiger partial charge in [0.2, 0.25) is 5.91 Å². The highest BCUT2D eigenvalue weighted by Crippen LogP contribution is 2.18. The number of nitrogens with zero attached hydrogens (tertiary/aromatic N) is 2. The molecular formula is C15H22FN3O. The van der Waals surface area contributed by atoms with Gasteiger partial charge in [0.25, 0.3) is 0 Å². The van der Waals surface area contributed by atoms with E-state index in [9.17, 15) is 9.18 Å². The second kappa shape index (κ2) is 7.33. The first-order chi connectivity index (χ1) is 9.69. The van der Waals surface area contributed by atoms with Crippen LogP contribution in [0.15, 0.2) is 18.3 Å². The molecule has 0 aromatic carbocycles. The Morgan fingerprint density at radius 3 is 3.10 bits per heavy atom. The maximum absolute atomic E-state index is 12.2. The molecule has 1 N–H and O–H groups in total. The van der Waals surface area contributed by atoms with Crippen molar-refractivity contribution in [3.05, 3.63) is 23.9 Å². The maximum atomic E-state index is 12.2. The van der Waals surface area contributed by atoms with Gasteiger partial charge in [0, 0.05) is 19.3 Å². The zero-order valence-corrected chi connectivity index (χ0v) is 11.9. The number of amides is 1. The van der Waals surface area contributed by atoms with Crippen LogP contribution >= 0.6 is 0 Å². The first-order valence-electron chi connectivity index (χ1n) is 7.21. The van der Waals surface area contributed by atoms with Gasteiger partial charge >= 0.3 is 0 Å². The molecule has 110 valence electrons. The molecule has 2 heterocycles. The Hall–Kier alpha value is -1.49. The third kappa shape index (κ3) is 4.27. The summed E-state index contributed by atoms with van der Waals surface area (Å²) in [6.45, 7) is 4.09. The number of halogens is 1. The molecule has 2 rings (SSSR count). The Balaban J connectivity index is 1.86. The van der Waals surface area contributed by atoms with Gasteiger partial charge in [-0.3, -0.25) is 9.18 Å². The average Bonchev–Trinajstić information content (AvgIpc) is 2.48. The van der Waals surface area contributed by atoms with Crippen molar-refractivity contribution in [2.24, 2.45) is 5.92 Å². The molecule has 1 fully saturated rings. The minimum Gasteiger partial charge on any atom is -0.310 e. The van der Waals surface area contributed by atoms with E-state index >= 15 is 0 Å². The number of likely N-dealkylation sites (tertiary alicyclic amines) is 1. The van der Waals surface area contributed by atoms with E-state index in [0.717, 1.165) is 38.0 Å². The summed E-state index contributed by atoms with van der Waals surface area (Å²) in [4.78, 5) is 18.6. The molecular weight excluding hydrogens is 257 g/mol. The third-order valence-electron chi connectivity index (χ3n) is 3.65. The number of aromatic nitrogens is 1. The number of anilines is 1. The van der Waals surface area contributed by atoms with Gasteiger partial charge < -0.3 is 10.2 Å². The van der Waals surface area contributed by atoms with Crippen LogP contribution in [0.25, 0.3) is 0 Å². The zero-order valence-electron chi connectivity index (χ0n) is 11.9.